The van der Waals surface area contributed by atoms with Gasteiger partial charge in [-0.1, -0.05) is 0 Å². The van der Waals surface area contributed by atoms with Gasteiger partial charge in [0.05, 0.1) is 11.6 Å². The fourth-order valence-electron chi connectivity index (χ4n) is 3.00. The zero-order chi connectivity index (χ0) is 19.6. The summed E-state index contributed by atoms with van der Waals surface area (Å²) in [6.45, 7) is 7.26. The lowest BCUT2D eigenvalue weighted by Crippen LogP contribution is -2.59. The molecule has 0 aliphatic carbocycles. The fourth-order valence-corrected chi connectivity index (χ4v) is 3.00. The van der Waals surface area contributed by atoms with Gasteiger partial charge in [0.15, 0.2) is 6.10 Å². The molecule has 2 amide bonds. The van der Waals surface area contributed by atoms with Gasteiger partial charge in [0.25, 0.3) is 0 Å². The van der Waals surface area contributed by atoms with E-state index in [-0.39, 0.29) is 0 Å². The number of nitriles is 1. The molecule has 0 saturated carbocycles. The van der Waals surface area contributed by atoms with Crippen molar-refractivity contribution in [3.05, 3.63) is 29.3 Å². The first-order valence-corrected chi connectivity index (χ1v) is 8.04. The monoisotopic (exact) mass is 359 g/mol. The van der Waals surface area contributed by atoms with Crippen molar-refractivity contribution in [2.24, 2.45) is 0 Å². The number of hydrogen-bond donors (Lipinski definition) is 1. The van der Waals surface area contributed by atoms with Crippen molar-refractivity contribution < 1.29 is 23.9 Å². The Morgan fingerprint density at radius 1 is 1.27 bits per heavy atom. The Kier molecular flexibility index (Phi) is 5.21. The summed E-state index contributed by atoms with van der Waals surface area (Å²) in [5.41, 5.74) is 2.32. The van der Waals surface area contributed by atoms with E-state index in [4.69, 9.17) is 9.47 Å². The van der Waals surface area contributed by atoms with Crippen LogP contribution in [0.1, 0.15) is 51.8 Å². The minimum absolute atomic E-state index is 0.352. The number of nitrogens with one attached hydrogen (secondary N) is 1. The summed E-state index contributed by atoms with van der Waals surface area (Å²) in [5, 5.41) is 10.3. The maximum Gasteiger partial charge on any atom is 0.303 e. The summed E-state index contributed by atoms with van der Waals surface area (Å²) in [6.07, 6.45) is -0.905. The van der Waals surface area contributed by atoms with Gasteiger partial charge >= 0.3 is 5.97 Å². The Labute approximate surface area is 151 Å². The summed E-state index contributed by atoms with van der Waals surface area (Å²) < 4.78 is 11.4. The molecule has 1 aromatic carbocycles. The number of nitrogens with zero attached hydrogens (tertiary/aromatic N) is 2. The number of carbonyl (C=O) groups is 3. The second kappa shape index (κ2) is 7.04. The number of ether oxygens (including phenoxy) is 2. The van der Waals surface area contributed by atoms with E-state index in [0.29, 0.717) is 16.9 Å². The molecule has 0 bridgehead atoms. The van der Waals surface area contributed by atoms with E-state index in [9.17, 15) is 19.6 Å². The van der Waals surface area contributed by atoms with E-state index in [1.54, 1.807) is 32.0 Å². The van der Waals surface area contributed by atoms with Crippen LogP contribution in [-0.4, -0.2) is 34.5 Å². The van der Waals surface area contributed by atoms with Crippen LogP contribution in [0.5, 0.6) is 5.75 Å². The number of benzene rings is 1. The highest BCUT2D eigenvalue weighted by Crippen LogP contribution is 2.44. The minimum atomic E-state index is -0.982. The minimum Gasteiger partial charge on any atom is -0.484 e. The van der Waals surface area contributed by atoms with Crippen molar-refractivity contribution in [2.45, 2.75) is 52.4 Å². The van der Waals surface area contributed by atoms with Crippen LogP contribution in [0.2, 0.25) is 0 Å². The molecule has 1 heterocycles. The maximum absolute atomic E-state index is 12.3. The number of fused-ring (bicyclic) bond motifs is 1. The molecule has 2 rings (SSSR count). The lowest BCUT2D eigenvalue weighted by atomic mass is 9.85. The number of amides is 2. The summed E-state index contributed by atoms with van der Waals surface area (Å²) in [4.78, 5) is 35.6. The number of carbonyl (C=O) groups excluding carboxylic acids is 3. The summed E-state index contributed by atoms with van der Waals surface area (Å²) in [6, 6.07) is 5.95. The second-order valence-corrected chi connectivity index (χ2v) is 6.60. The van der Waals surface area contributed by atoms with Crippen molar-refractivity contribution in [1.82, 2.24) is 10.4 Å². The van der Waals surface area contributed by atoms with Gasteiger partial charge in [-0.25, -0.2) is 5.01 Å². The average Bonchev–Trinajstić information content (AvgIpc) is 2.52. The molecule has 1 N–H and O–H groups in total. The summed E-state index contributed by atoms with van der Waals surface area (Å²) >= 11 is 0. The van der Waals surface area contributed by atoms with Crippen molar-refractivity contribution in [3.8, 4) is 11.8 Å². The highest BCUT2D eigenvalue weighted by molar-refractivity contribution is 5.80. The van der Waals surface area contributed by atoms with E-state index in [1.807, 2.05) is 6.07 Å². The van der Waals surface area contributed by atoms with E-state index in [1.165, 1.54) is 20.8 Å². The van der Waals surface area contributed by atoms with Gasteiger partial charge < -0.3 is 9.47 Å². The second-order valence-electron chi connectivity index (χ2n) is 6.60. The molecule has 0 unspecified atom stereocenters. The zero-order valence-electron chi connectivity index (χ0n) is 15.3. The molecule has 0 spiro atoms. The molecule has 138 valence electrons. The largest absolute Gasteiger partial charge is 0.484 e. The van der Waals surface area contributed by atoms with Gasteiger partial charge in [-0.3, -0.25) is 19.8 Å². The van der Waals surface area contributed by atoms with Crippen molar-refractivity contribution >= 4 is 17.8 Å². The lowest BCUT2D eigenvalue weighted by Gasteiger charge is -2.47. The predicted octanol–water partition coefficient (Wildman–Crippen LogP) is 1.60. The number of hydrogen-bond acceptors (Lipinski definition) is 6. The Morgan fingerprint density at radius 3 is 2.42 bits per heavy atom. The predicted molar refractivity (Wildman–Crippen MR) is 90.5 cm³/mol. The van der Waals surface area contributed by atoms with Gasteiger partial charge in [0.2, 0.25) is 11.8 Å². The molecule has 0 fully saturated rings. The molecule has 0 aromatic heterocycles. The van der Waals surface area contributed by atoms with Crippen LogP contribution < -0.4 is 10.2 Å². The molecular formula is C18H21N3O5. The molecule has 8 heteroatoms. The first-order valence-electron chi connectivity index (χ1n) is 8.04. The molecule has 0 saturated heterocycles. The van der Waals surface area contributed by atoms with Crippen LogP contribution in [-0.2, 0) is 19.1 Å². The molecule has 26 heavy (non-hydrogen) atoms. The topological polar surface area (TPSA) is 109 Å². The van der Waals surface area contributed by atoms with E-state index in [2.05, 4.69) is 5.43 Å². The maximum atomic E-state index is 12.3. The van der Waals surface area contributed by atoms with Crippen molar-refractivity contribution in [3.63, 3.8) is 0 Å². The van der Waals surface area contributed by atoms with Crippen LogP contribution in [0, 0.1) is 11.3 Å². The quantitative estimate of drug-likeness (QED) is 0.635. The SMILES string of the molecule is CC(=O)NN(C(C)=O)[C@H]1c2cc(C#N)ccc2OC(C)(C)[C@@H]1OC(C)=O. The standard InChI is InChI=1S/C18H21N3O5/c1-10(22)20-21(11(2)23)16-14-8-13(9-19)6-7-15(14)26-18(4,5)17(16)25-12(3)24/h6-8,16-17H,1-5H3,(H,20,22)/t16-,17+/m0/s1. The van der Waals surface area contributed by atoms with Crippen LogP contribution in [0.4, 0.5) is 0 Å². The third kappa shape index (κ3) is 3.77. The number of rotatable bonds is 2. The third-order valence-corrected chi connectivity index (χ3v) is 3.99. The normalized spacial score (nSPS) is 20.0. The van der Waals surface area contributed by atoms with Crippen LogP contribution in [0.3, 0.4) is 0 Å². The van der Waals surface area contributed by atoms with Crippen molar-refractivity contribution in [2.75, 3.05) is 0 Å². The number of esters is 1. The van der Waals surface area contributed by atoms with Gasteiger partial charge in [0, 0.05) is 26.3 Å². The first-order chi connectivity index (χ1) is 12.1. The van der Waals surface area contributed by atoms with Crippen LogP contribution >= 0.6 is 0 Å². The van der Waals surface area contributed by atoms with E-state index >= 15 is 0 Å². The summed E-state index contributed by atoms with van der Waals surface area (Å²) in [7, 11) is 0. The molecule has 1 aromatic rings. The Bertz CT molecular complexity index is 797. The van der Waals surface area contributed by atoms with Gasteiger partial charge in [-0.15, -0.1) is 0 Å². The first kappa shape index (κ1) is 19.2. The van der Waals surface area contributed by atoms with E-state index in [0.717, 1.165) is 5.01 Å². The summed E-state index contributed by atoms with van der Waals surface area (Å²) in [5.74, 6) is -1.01. The number of hydrazine groups is 1. The molecule has 1 aliphatic rings. The molecule has 0 radical (unpaired) electrons. The fraction of sp³-hybridized carbons (Fsp3) is 0.444. The smallest absolute Gasteiger partial charge is 0.303 e. The Morgan fingerprint density at radius 2 is 1.92 bits per heavy atom. The van der Waals surface area contributed by atoms with Crippen molar-refractivity contribution in [1.29, 1.82) is 5.26 Å². The molecule has 2 atom stereocenters. The molecular weight excluding hydrogens is 338 g/mol. The van der Waals surface area contributed by atoms with Crippen LogP contribution in [0.15, 0.2) is 18.2 Å². The molecule has 8 nitrogen and oxygen atoms in total. The average molecular weight is 359 g/mol. The molecule has 1 aliphatic heterocycles. The van der Waals surface area contributed by atoms with Gasteiger partial charge in [-0.2, -0.15) is 5.26 Å². The zero-order valence-corrected chi connectivity index (χ0v) is 15.3. The Balaban J connectivity index is 2.69. The van der Waals surface area contributed by atoms with Gasteiger partial charge in [-0.05, 0) is 32.0 Å². The highest BCUT2D eigenvalue weighted by Gasteiger charge is 2.50. The van der Waals surface area contributed by atoms with Gasteiger partial charge in [0.1, 0.15) is 17.4 Å². The third-order valence-electron chi connectivity index (χ3n) is 3.99. The highest BCUT2D eigenvalue weighted by atomic mass is 16.6. The van der Waals surface area contributed by atoms with E-state index < -0.39 is 35.5 Å². The Hall–Kier alpha value is -3.08. The van der Waals surface area contributed by atoms with Crippen LogP contribution in [0.25, 0.3) is 0 Å². The lowest BCUT2D eigenvalue weighted by molar-refractivity contribution is -0.176.